The first-order valence-electron chi connectivity index (χ1n) is 9.40. The van der Waals surface area contributed by atoms with Crippen LogP contribution in [-0.2, 0) is 19.9 Å². The van der Waals surface area contributed by atoms with Gasteiger partial charge < -0.3 is 15.5 Å². The molecule has 0 bridgehead atoms. The molecule has 0 saturated carbocycles. The Labute approximate surface area is 181 Å². The maximum Gasteiger partial charge on any atom is 0.325 e. The van der Waals surface area contributed by atoms with Crippen LogP contribution in [0.2, 0.25) is 0 Å². The van der Waals surface area contributed by atoms with Gasteiger partial charge in [-0.15, -0.1) is 0 Å². The number of nitrogens with zero attached hydrogens (tertiary/aromatic N) is 2. The molecule has 1 aliphatic heterocycles. The largest absolute Gasteiger partial charge is 0.335 e. The normalized spacial score (nSPS) is 17.8. The molecule has 1 unspecified atom stereocenters. The van der Waals surface area contributed by atoms with Crippen molar-refractivity contribution < 1.29 is 32.3 Å². The minimum absolute atomic E-state index is 0.319. The Bertz CT molecular complexity index is 1090. The predicted octanol–water partition coefficient (Wildman–Crippen LogP) is 1.97. The molecule has 8 nitrogen and oxygen atoms in total. The van der Waals surface area contributed by atoms with Crippen LogP contribution >= 0.6 is 0 Å². The number of imide groups is 1. The molecular weight excluding hydrogens is 429 g/mol. The van der Waals surface area contributed by atoms with Crippen LogP contribution in [0.15, 0.2) is 42.5 Å². The number of carbonyl (C=O) groups is 4. The number of likely N-dealkylation sites (N-methyl/N-ethyl adjacent to an activating group) is 1. The average Bonchev–Trinajstić information content (AvgIpc) is 2.95. The van der Waals surface area contributed by atoms with Gasteiger partial charge in [-0.1, -0.05) is 0 Å². The monoisotopic (exact) mass is 448 g/mol. The van der Waals surface area contributed by atoms with Gasteiger partial charge in [-0.3, -0.25) is 19.3 Å². The molecule has 1 saturated heterocycles. The van der Waals surface area contributed by atoms with E-state index in [1.807, 2.05) is 0 Å². The fourth-order valence-electron chi connectivity index (χ4n) is 3.20. The summed E-state index contributed by atoms with van der Waals surface area (Å²) in [5.74, 6) is -4.45. The van der Waals surface area contributed by atoms with Crippen LogP contribution < -0.4 is 10.6 Å². The molecule has 0 spiro atoms. The summed E-state index contributed by atoms with van der Waals surface area (Å²) in [6.45, 7) is 0.0859. The van der Waals surface area contributed by atoms with E-state index in [9.17, 15) is 32.3 Å². The van der Waals surface area contributed by atoms with E-state index < -0.39 is 59.8 Å². The summed E-state index contributed by atoms with van der Waals surface area (Å²) in [6.07, 6.45) is 0. The standard InChI is InChI=1S/C21H19F3N4O4/c1-21(15-9-13(23)5-8-16(15)24)19(31)28(20(32)26-21)11-18(30)27(2)10-17(29)25-14-6-3-12(22)4-7-14/h3-9H,10-11H2,1-2H3,(H,25,29)(H,26,32). The molecule has 0 aromatic heterocycles. The lowest BCUT2D eigenvalue weighted by Gasteiger charge is -2.23. The van der Waals surface area contributed by atoms with E-state index in [1.165, 1.54) is 26.1 Å². The third kappa shape index (κ3) is 4.56. The minimum atomic E-state index is -1.90. The predicted molar refractivity (Wildman–Crippen MR) is 107 cm³/mol. The Morgan fingerprint density at radius 3 is 2.34 bits per heavy atom. The molecule has 3 rings (SSSR count). The van der Waals surface area contributed by atoms with Gasteiger partial charge in [0.25, 0.3) is 5.91 Å². The van der Waals surface area contributed by atoms with E-state index >= 15 is 0 Å². The molecule has 2 aromatic carbocycles. The number of carbonyl (C=O) groups excluding carboxylic acids is 4. The van der Waals surface area contributed by atoms with Crippen LogP contribution in [0.4, 0.5) is 23.7 Å². The van der Waals surface area contributed by atoms with Crippen molar-refractivity contribution >= 4 is 29.4 Å². The number of benzene rings is 2. The van der Waals surface area contributed by atoms with Gasteiger partial charge in [-0.25, -0.2) is 18.0 Å². The molecule has 5 amide bonds. The van der Waals surface area contributed by atoms with Crippen molar-refractivity contribution in [3.8, 4) is 0 Å². The number of hydrogen-bond donors (Lipinski definition) is 2. The van der Waals surface area contributed by atoms with Crippen molar-refractivity contribution in [2.75, 3.05) is 25.5 Å². The lowest BCUT2D eigenvalue weighted by molar-refractivity contribution is -0.139. The maximum absolute atomic E-state index is 14.2. The van der Waals surface area contributed by atoms with E-state index in [0.717, 1.165) is 35.2 Å². The van der Waals surface area contributed by atoms with Crippen molar-refractivity contribution in [3.63, 3.8) is 0 Å². The molecule has 32 heavy (non-hydrogen) atoms. The van der Waals surface area contributed by atoms with Crippen molar-refractivity contribution in [1.29, 1.82) is 0 Å². The summed E-state index contributed by atoms with van der Waals surface area (Å²) < 4.78 is 40.7. The molecule has 1 fully saturated rings. The van der Waals surface area contributed by atoms with Gasteiger partial charge in [0.2, 0.25) is 11.8 Å². The quantitative estimate of drug-likeness (QED) is 0.661. The number of halogens is 3. The van der Waals surface area contributed by atoms with Gasteiger partial charge in [-0.05, 0) is 49.4 Å². The Hall–Kier alpha value is -3.89. The summed E-state index contributed by atoms with van der Waals surface area (Å²) >= 11 is 0. The summed E-state index contributed by atoms with van der Waals surface area (Å²) in [5, 5.41) is 4.76. The Morgan fingerprint density at radius 2 is 1.69 bits per heavy atom. The average molecular weight is 448 g/mol. The van der Waals surface area contributed by atoms with Crippen LogP contribution in [0.25, 0.3) is 0 Å². The number of urea groups is 1. The molecule has 0 aliphatic carbocycles. The number of rotatable bonds is 6. The van der Waals surface area contributed by atoms with Gasteiger partial charge in [0.15, 0.2) is 0 Å². The maximum atomic E-state index is 14.2. The lowest BCUT2D eigenvalue weighted by atomic mass is 9.91. The number of nitrogens with one attached hydrogen (secondary N) is 2. The van der Waals surface area contributed by atoms with Crippen LogP contribution in [0, 0.1) is 17.5 Å². The van der Waals surface area contributed by atoms with E-state index in [4.69, 9.17) is 0 Å². The fourth-order valence-corrected chi connectivity index (χ4v) is 3.20. The summed E-state index contributed by atoms with van der Waals surface area (Å²) in [6, 6.07) is 6.53. The van der Waals surface area contributed by atoms with Gasteiger partial charge in [-0.2, -0.15) is 0 Å². The van der Waals surface area contributed by atoms with Gasteiger partial charge in [0.05, 0.1) is 6.54 Å². The molecule has 168 valence electrons. The van der Waals surface area contributed by atoms with Crippen molar-refractivity contribution in [2.45, 2.75) is 12.5 Å². The smallest absolute Gasteiger partial charge is 0.325 e. The Balaban J connectivity index is 1.65. The SMILES string of the molecule is CN(CC(=O)Nc1ccc(F)cc1)C(=O)CN1C(=O)NC(C)(c2cc(F)ccc2F)C1=O. The zero-order valence-corrected chi connectivity index (χ0v) is 17.1. The minimum Gasteiger partial charge on any atom is -0.335 e. The lowest BCUT2D eigenvalue weighted by Crippen LogP contribution is -2.45. The zero-order chi connectivity index (χ0) is 23.6. The number of anilines is 1. The van der Waals surface area contributed by atoms with Crippen molar-refractivity contribution in [3.05, 3.63) is 65.5 Å². The molecule has 2 aromatic rings. The van der Waals surface area contributed by atoms with Crippen LogP contribution in [0.5, 0.6) is 0 Å². The summed E-state index contributed by atoms with van der Waals surface area (Å²) in [4.78, 5) is 51.3. The second-order valence-corrected chi connectivity index (χ2v) is 7.38. The zero-order valence-electron chi connectivity index (χ0n) is 17.1. The fraction of sp³-hybridized carbons (Fsp3) is 0.238. The molecular formula is C21H19F3N4O4. The Morgan fingerprint density at radius 1 is 1.06 bits per heavy atom. The second kappa shape index (κ2) is 8.69. The molecule has 0 radical (unpaired) electrons. The van der Waals surface area contributed by atoms with Crippen LogP contribution in [0.1, 0.15) is 12.5 Å². The topological polar surface area (TPSA) is 98.8 Å². The molecule has 11 heteroatoms. The van der Waals surface area contributed by atoms with E-state index in [0.29, 0.717) is 10.6 Å². The first-order chi connectivity index (χ1) is 15.0. The highest BCUT2D eigenvalue weighted by atomic mass is 19.1. The highest BCUT2D eigenvalue weighted by Crippen LogP contribution is 2.31. The number of amides is 5. The second-order valence-electron chi connectivity index (χ2n) is 7.38. The van der Waals surface area contributed by atoms with Crippen molar-refractivity contribution in [1.82, 2.24) is 15.1 Å². The molecule has 1 atom stereocenters. The Kier molecular flexibility index (Phi) is 6.19. The number of hydrogen-bond acceptors (Lipinski definition) is 4. The molecule has 1 heterocycles. The first-order valence-corrected chi connectivity index (χ1v) is 9.40. The third-order valence-corrected chi connectivity index (χ3v) is 4.97. The summed E-state index contributed by atoms with van der Waals surface area (Å²) in [7, 11) is 1.29. The summed E-state index contributed by atoms with van der Waals surface area (Å²) in [5.41, 5.74) is -1.96. The van der Waals surface area contributed by atoms with Gasteiger partial charge in [0, 0.05) is 18.3 Å². The van der Waals surface area contributed by atoms with Gasteiger partial charge in [0.1, 0.15) is 29.5 Å². The third-order valence-electron chi connectivity index (χ3n) is 4.97. The molecule has 1 aliphatic rings. The van der Waals surface area contributed by atoms with E-state index in [2.05, 4.69) is 10.6 Å². The van der Waals surface area contributed by atoms with Crippen molar-refractivity contribution in [2.24, 2.45) is 0 Å². The first kappa shape index (κ1) is 22.8. The van der Waals surface area contributed by atoms with E-state index in [1.54, 1.807) is 0 Å². The molecule has 2 N–H and O–H groups in total. The highest BCUT2D eigenvalue weighted by molar-refractivity contribution is 6.09. The van der Waals surface area contributed by atoms with Crippen LogP contribution in [0.3, 0.4) is 0 Å². The van der Waals surface area contributed by atoms with Crippen LogP contribution in [-0.4, -0.2) is 53.7 Å². The van der Waals surface area contributed by atoms with Gasteiger partial charge >= 0.3 is 6.03 Å². The van der Waals surface area contributed by atoms with E-state index in [-0.39, 0.29) is 5.56 Å². The highest BCUT2D eigenvalue weighted by Gasteiger charge is 2.51.